The van der Waals surface area contributed by atoms with Crippen molar-refractivity contribution in [1.82, 2.24) is 9.13 Å². The largest absolute Gasteiger partial charge is 0.309 e. The first kappa shape index (κ1) is 24.3. The highest BCUT2D eigenvalue weighted by Gasteiger charge is 2.15. The summed E-state index contributed by atoms with van der Waals surface area (Å²) in [7, 11) is 0. The summed E-state index contributed by atoms with van der Waals surface area (Å²) in [5.74, 6) is 0. The summed E-state index contributed by atoms with van der Waals surface area (Å²) in [5.41, 5.74) is 7.35. The van der Waals surface area contributed by atoms with Crippen LogP contribution in [0.4, 0.5) is 0 Å². The van der Waals surface area contributed by atoms with Crippen molar-refractivity contribution in [2.45, 2.75) is 0 Å². The van der Waals surface area contributed by atoms with E-state index in [0.717, 1.165) is 0 Å². The summed E-state index contributed by atoms with van der Waals surface area (Å²) in [5, 5.41) is 7.76. The highest BCUT2D eigenvalue weighted by atomic mass is 32.1. The van der Waals surface area contributed by atoms with Gasteiger partial charge in [0, 0.05) is 53.1 Å². The van der Waals surface area contributed by atoms with E-state index in [-0.39, 0.29) is 0 Å². The van der Waals surface area contributed by atoms with Crippen LogP contribution in [0.5, 0.6) is 0 Å². The van der Waals surface area contributed by atoms with E-state index in [1.807, 2.05) is 11.3 Å². The molecule has 41 heavy (non-hydrogen) atoms. The Kier molecular flexibility index (Phi) is 5.66. The molecule has 0 aliphatic rings. The maximum atomic E-state index is 3.53. The minimum absolute atomic E-state index is 1.20. The Morgan fingerprint density at radius 2 is 0.707 bits per heavy atom. The van der Waals surface area contributed by atoms with Crippen LogP contribution in [0, 0.1) is 0 Å². The molecule has 2 nitrogen and oxygen atoms in total. The number of thiol groups is 1. The molecule has 0 unspecified atom stereocenters. The molecule has 3 aromatic heterocycles. The van der Waals surface area contributed by atoms with Gasteiger partial charge in [-0.25, -0.2) is 0 Å². The fourth-order valence-corrected chi connectivity index (χ4v) is 7.50. The molecule has 0 aliphatic carbocycles. The molecule has 0 radical (unpaired) electrons. The van der Waals surface area contributed by atoms with E-state index in [0.29, 0.717) is 0 Å². The number of aromatic nitrogens is 2. The van der Waals surface area contributed by atoms with Crippen molar-refractivity contribution in [3.63, 3.8) is 0 Å². The van der Waals surface area contributed by atoms with Crippen LogP contribution in [-0.2, 0) is 0 Å². The summed E-state index contributed by atoms with van der Waals surface area (Å²) in [6.07, 6.45) is 1.69. The Balaban J connectivity index is 0.00000125. The number of hydrogen-bond donors (Lipinski definition) is 1. The second kappa shape index (κ2) is 9.55. The van der Waals surface area contributed by atoms with Gasteiger partial charge in [-0.2, -0.15) is 12.6 Å². The minimum Gasteiger partial charge on any atom is -0.309 e. The third-order valence-electron chi connectivity index (χ3n) is 8.11. The zero-order valence-electron chi connectivity index (χ0n) is 22.5. The average Bonchev–Trinajstić information content (AvgIpc) is 3.69. The van der Waals surface area contributed by atoms with Crippen molar-refractivity contribution in [1.29, 1.82) is 0 Å². The third kappa shape index (κ3) is 3.58. The molecule has 0 atom stereocenters. The van der Waals surface area contributed by atoms with Crippen LogP contribution < -0.4 is 0 Å². The molecule has 0 spiro atoms. The number of para-hydroxylation sites is 4. The third-order valence-corrected chi connectivity index (χ3v) is 9.26. The van der Waals surface area contributed by atoms with Gasteiger partial charge in [0.1, 0.15) is 0 Å². The first-order valence-electron chi connectivity index (χ1n) is 13.7. The van der Waals surface area contributed by atoms with Gasteiger partial charge in [-0.15, -0.1) is 11.3 Å². The van der Waals surface area contributed by atoms with Crippen molar-refractivity contribution in [3.8, 4) is 11.4 Å². The Bertz CT molecular complexity index is 2130. The molecule has 0 saturated heterocycles. The lowest BCUT2D eigenvalue weighted by Gasteiger charge is -2.09. The fraction of sp³-hybridized carbons (Fsp3) is 0.0270. The van der Waals surface area contributed by atoms with Crippen LogP contribution in [0.3, 0.4) is 0 Å². The molecule has 0 saturated carbocycles. The highest BCUT2D eigenvalue weighted by Crippen LogP contribution is 2.40. The zero-order valence-corrected chi connectivity index (χ0v) is 24.2. The average molecular weight is 563 g/mol. The van der Waals surface area contributed by atoms with E-state index in [2.05, 4.69) is 155 Å². The molecule has 0 amide bonds. The number of thiophene rings is 1. The van der Waals surface area contributed by atoms with Gasteiger partial charge in [0.25, 0.3) is 0 Å². The number of nitrogens with zero attached hydrogens (tertiary/aromatic N) is 2. The molecular weight excluding hydrogens is 537 g/mol. The van der Waals surface area contributed by atoms with Gasteiger partial charge in [0.15, 0.2) is 0 Å². The molecule has 9 rings (SSSR count). The van der Waals surface area contributed by atoms with Crippen molar-refractivity contribution in [2.75, 3.05) is 6.26 Å². The first-order valence-corrected chi connectivity index (χ1v) is 15.4. The second-order valence-corrected chi connectivity index (χ2v) is 11.3. The lowest BCUT2D eigenvalue weighted by Crippen LogP contribution is -1.94. The van der Waals surface area contributed by atoms with Gasteiger partial charge < -0.3 is 9.13 Å². The number of hydrogen-bond acceptors (Lipinski definition) is 2. The van der Waals surface area contributed by atoms with Crippen molar-refractivity contribution >= 4 is 87.7 Å². The van der Waals surface area contributed by atoms with Crippen LogP contribution in [-0.4, -0.2) is 15.4 Å². The topological polar surface area (TPSA) is 9.86 Å². The summed E-state index contributed by atoms with van der Waals surface area (Å²) in [6.45, 7) is 0. The minimum atomic E-state index is 1.20. The van der Waals surface area contributed by atoms with E-state index in [1.54, 1.807) is 6.26 Å². The summed E-state index contributed by atoms with van der Waals surface area (Å²) in [4.78, 5) is 0. The van der Waals surface area contributed by atoms with Crippen LogP contribution in [0.1, 0.15) is 0 Å². The quantitative estimate of drug-likeness (QED) is 0.201. The van der Waals surface area contributed by atoms with Gasteiger partial charge in [0.05, 0.1) is 22.1 Å². The number of fused-ring (bicyclic) bond motifs is 9. The van der Waals surface area contributed by atoms with Gasteiger partial charge >= 0.3 is 0 Å². The van der Waals surface area contributed by atoms with E-state index in [4.69, 9.17) is 0 Å². The van der Waals surface area contributed by atoms with Gasteiger partial charge in [0.2, 0.25) is 0 Å². The maximum absolute atomic E-state index is 3.53. The van der Waals surface area contributed by atoms with Crippen molar-refractivity contribution < 1.29 is 0 Å². The Labute approximate surface area is 247 Å². The smallest absolute Gasteiger partial charge is 0.0541 e. The Morgan fingerprint density at radius 1 is 0.390 bits per heavy atom. The van der Waals surface area contributed by atoms with Crippen LogP contribution in [0.15, 0.2) is 133 Å². The molecule has 0 aliphatic heterocycles. The summed E-state index contributed by atoms with van der Waals surface area (Å²) >= 11 is 5.40. The second-order valence-electron chi connectivity index (χ2n) is 10.2. The van der Waals surface area contributed by atoms with E-state index in [1.165, 1.54) is 75.2 Å². The van der Waals surface area contributed by atoms with Crippen molar-refractivity contribution in [2.24, 2.45) is 0 Å². The predicted octanol–water partition coefficient (Wildman–Crippen LogP) is 10.8. The Morgan fingerprint density at radius 3 is 1.05 bits per heavy atom. The monoisotopic (exact) mass is 562 g/mol. The van der Waals surface area contributed by atoms with E-state index < -0.39 is 0 Å². The summed E-state index contributed by atoms with van der Waals surface area (Å²) in [6, 6.07) is 48.7. The molecule has 0 bridgehead atoms. The molecule has 6 aromatic carbocycles. The van der Waals surface area contributed by atoms with E-state index >= 15 is 0 Å². The molecule has 9 aromatic rings. The lowest BCUT2D eigenvalue weighted by atomic mass is 10.1. The highest BCUT2D eigenvalue weighted by molar-refractivity contribution is 7.79. The SMILES string of the molecule is CS.c1ccc2c(c1)c1ccccc1n2-c1ccc2sc3ccc(-n4c5ccccc5c5ccccc54)cc3c2c1. The standard InChI is InChI=1S/C36H22N2S.CH4S/c1-5-13-31-25(9-1)26-10-2-6-14-32(26)37(31)23-17-19-35-29(21-23)30-22-24(18-20-36(30)39-35)38-33-15-7-3-11-27(33)28-12-4-8-16-34(28)38;1-2/h1-22H;2H,1H3. The van der Waals surface area contributed by atoms with Crippen molar-refractivity contribution in [3.05, 3.63) is 133 Å². The van der Waals surface area contributed by atoms with Crippen LogP contribution in [0.25, 0.3) is 75.2 Å². The first-order chi connectivity index (χ1) is 20.3. The number of rotatable bonds is 2. The van der Waals surface area contributed by atoms with Crippen LogP contribution in [0.2, 0.25) is 0 Å². The lowest BCUT2D eigenvalue weighted by molar-refractivity contribution is 1.18. The number of benzene rings is 6. The molecule has 0 N–H and O–H groups in total. The zero-order chi connectivity index (χ0) is 27.5. The Hall–Kier alpha value is -4.51. The maximum Gasteiger partial charge on any atom is 0.0541 e. The van der Waals surface area contributed by atoms with E-state index in [9.17, 15) is 0 Å². The summed E-state index contributed by atoms with van der Waals surface area (Å²) < 4.78 is 7.44. The predicted molar refractivity (Wildman–Crippen MR) is 183 cm³/mol. The van der Waals surface area contributed by atoms with Gasteiger partial charge in [-0.3, -0.25) is 0 Å². The molecule has 4 heteroatoms. The fourth-order valence-electron chi connectivity index (χ4n) is 6.43. The normalized spacial score (nSPS) is 11.7. The molecule has 196 valence electrons. The van der Waals surface area contributed by atoms with Gasteiger partial charge in [-0.05, 0) is 66.9 Å². The molecule has 0 fully saturated rings. The molecule has 3 heterocycles. The van der Waals surface area contributed by atoms with Gasteiger partial charge in [-0.1, -0.05) is 72.8 Å². The van der Waals surface area contributed by atoms with Crippen LogP contribution >= 0.6 is 24.0 Å². The molecular formula is C37H26N2S2.